The van der Waals surface area contributed by atoms with Crippen molar-refractivity contribution in [3.8, 4) is 0 Å². The largest absolute Gasteiger partial charge is 0.465 e. The van der Waals surface area contributed by atoms with Crippen LogP contribution in [-0.2, 0) is 0 Å². The molecule has 4 nitrogen and oxygen atoms in total. The molecule has 0 heterocycles. The standard InChI is InChI=1S/C10H17NO3/c1-2-3-7-6-8(12)4-5-9(7)11-10(13)14/h2-3,7-9,11-12H,4-6H2,1H3,(H,13,14)/b3-2-/t7-,8-,9+/m1/s1. The molecule has 1 aliphatic rings. The Kier molecular flexibility index (Phi) is 3.95. The highest BCUT2D eigenvalue weighted by Gasteiger charge is 2.28. The molecule has 0 aromatic rings. The minimum Gasteiger partial charge on any atom is -0.465 e. The van der Waals surface area contributed by atoms with E-state index < -0.39 is 6.09 Å². The van der Waals surface area contributed by atoms with Crippen LogP contribution in [-0.4, -0.2) is 28.5 Å². The van der Waals surface area contributed by atoms with Crippen LogP contribution in [0.25, 0.3) is 0 Å². The van der Waals surface area contributed by atoms with Crippen LogP contribution in [0, 0.1) is 5.92 Å². The van der Waals surface area contributed by atoms with Crippen molar-refractivity contribution in [1.82, 2.24) is 5.32 Å². The number of aliphatic hydroxyl groups excluding tert-OH is 1. The molecule has 1 saturated carbocycles. The van der Waals surface area contributed by atoms with Crippen LogP contribution < -0.4 is 5.32 Å². The lowest BCUT2D eigenvalue weighted by Gasteiger charge is -2.32. The van der Waals surface area contributed by atoms with E-state index >= 15 is 0 Å². The summed E-state index contributed by atoms with van der Waals surface area (Å²) in [5.41, 5.74) is 0. The van der Waals surface area contributed by atoms with Gasteiger partial charge in [0.15, 0.2) is 0 Å². The molecule has 80 valence electrons. The monoisotopic (exact) mass is 199 g/mol. The van der Waals surface area contributed by atoms with Gasteiger partial charge in [-0.15, -0.1) is 0 Å². The SMILES string of the molecule is C/C=C\[C@@H]1C[C@H](O)CC[C@@H]1NC(=O)O. The fourth-order valence-corrected chi connectivity index (χ4v) is 1.98. The molecule has 3 N–H and O–H groups in total. The average Bonchev–Trinajstić information content (AvgIpc) is 2.09. The Morgan fingerprint density at radius 2 is 2.21 bits per heavy atom. The lowest BCUT2D eigenvalue weighted by molar-refractivity contribution is 0.0936. The summed E-state index contributed by atoms with van der Waals surface area (Å²) in [6.07, 6.45) is 4.63. The highest BCUT2D eigenvalue weighted by atomic mass is 16.4. The number of carbonyl (C=O) groups is 1. The molecular weight excluding hydrogens is 182 g/mol. The number of hydrogen-bond acceptors (Lipinski definition) is 2. The van der Waals surface area contributed by atoms with Crippen molar-refractivity contribution in [1.29, 1.82) is 0 Å². The molecule has 0 aliphatic heterocycles. The second-order valence-corrected chi connectivity index (χ2v) is 3.71. The molecule has 4 heteroatoms. The van der Waals surface area contributed by atoms with E-state index in [1.807, 2.05) is 19.1 Å². The van der Waals surface area contributed by atoms with Crippen LogP contribution in [0.4, 0.5) is 4.79 Å². The van der Waals surface area contributed by atoms with E-state index in [1.165, 1.54) is 0 Å². The fourth-order valence-electron chi connectivity index (χ4n) is 1.98. The summed E-state index contributed by atoms with van der Waals surface area (Å²) in [5.74, 6) is 0.125. The highest BCUT2D eigenvalue weighted by molar-refractivity contribution is 5.64. The molecule has 0 spiro atoms. The summed E-state index contributed by atoms with van der Waals surface area (Å²) in [5, 5.41) is 20.6. The first-order valence-corrected chi connectivity index (χ1v) is 4.93. The van der Waals surface area contributed by atoms with Crippen molar-refractivity contribution in [3.05, 3.63) is 12.2 Å². The predicted octanol–water partition coefficient (Wildman–Crippen LogP) is 1.36. The Labute approximate surface area is 83.6 Å². The van der Waals surface area contributed by atoms with Gasteiger partial charge in [0.1, 0.15) is 0 Å². The van der Waals surface area contributed by atoms with Gasteiger partial charge in [-0.25, -0.2) is 4.79 Å². The van der Waals surface area contributed by atoms with Gasteiger partial charge in [0.2, 0.25) is 0 Å². The summed E-state index contributed by atoms with van der Waals surface area (Å²) in [6, 6.07) is -0.0490. The molecule has 14 heavy (non-hydrogen) atoms. The Morgan fingerprint density at radius 3 is 2.79 bits per heavy atom. The number of allylic oxidation sites excluding steroid dienone is 1. The number of aliphatic hydroxyl groups is 1. The number of nitrogens with one attached hydrogen (secondary N) is 1. The average molecular weight is 199 g/mol. The zero-order valence-electron chi connectivity index (χ0n) is 8.31. The van der Waals surface area contributed by atoms with Crippen molar-refractivity contribution in [2.45, 2.75) is 38.3 Å². The minimum absolute atomic E-state index is 0.0490. The van der Waals surface area contributed by atoms with Crippen molar-refractivity contribution < 1.29 is 15.0 Å². The van der Waals surface area contributed by atoms with Crippen molar-refractivity contribution in [2.24, 2.45) is 5.92 Å². The molecule has 0 saturated heterocycles. The normalized spacial score (nSPS) is 33.1. The summed E-state index contributed by atoms with van der Waals surface area (Å²) in [6.45, 7) is 1.90. The Morgan fingerprint density at radius 1 is 1.50 bits per heavy atom. The van der Waals surface area contributed by atoms with Crippen LogP contribution in [0.1, 0.15) is 26.2 Å². The van der Waals surface area contributed by atoms with Gasteiger partial charge in [0.25, 0.3) is 0 Å². The van der Waals surface area contributed by atoms with E-state index in [1.54, 1.807) is 0 Å². The minimum atomic E-state index is -0.985. The maximum absolute atomic E-state index is 10.5. The molecule has 1 amide bonds. The van der Waals surface area contributed by atoms with Gasteiger partial charge in [-0.2, -0.15) is 0 Å². The molecular formula is C10H17NO3. The Hall–Kier alpha value is -1.03. The maximum atomic E-state index is 10.5. The van der Waals surface area contributed by atoms with Crippen LogP contribution in [0.5, 0.6) is 0 Å². The summed E-state index contributed by atoms with van der Waals surface area (Å²) in [7, 11) is 0. The zero-order chi connectivity index (χ0) is 10.6. The van der Waals surface area contributed by atoms with E-state index in [0.717, 1.165) is 0 Å². The highest BCUT2D eigenvalue weighted by Crippen LogP contribution is 2.25. The third-order valence-electron chi connectivity index (χ3n) is 2.62. The number of carboxylic acid groups (broad SMARTS) is 1. The molecule has 1 rings (SSSR count). The number of rotatable bonds is 2. The van der Waals surface area contributed by atoms with E-state index in [0.29, 0.717) is 19.3 Å². The van der Waals surface area contributed by atoms with E-state index in [-0.39, 0.29) is 18.1 Å². The molecule has 1 aliphatic carbocycles. The van der Waals surface area contributed by atoms with Crippen LogP contribution in [0.3, 0.4) is 0 Å². The van der Waals surface area contributed by atoms with Gasteiger partial charge >= 0.3 is 6.09 Å². The van der Waals surface area contributed by atoms with Gasteiger partial charge in [0, 0.05) is 6.04 Å². The first-order chi connectivity index (χ1) is 6.63. The Balaban J connectivity index is 2.57. The third kappa shape index (κ3) is 3.03. The summed E-state index contributed by atoms with van der Waals surface area (Å²) >= 11 is 0. The predicted molar refractivity (Wildman–Crippen MR) is 53.1 cm³/mol. The molecule has 0 bridgehead atoms. The molecule has 1 fully saturated rings. The Bertz CT molecular complexity index is 227. The van der Waals surface area contributed by atoms with Crippen LogP contribution in [0.2, 0.25) is 0 Å². The van der Waals surface area contributed by atoms with Gasteiger partial charge in [-0.3, -0.25) is 0 Å². The molecule has 0 unspecified atom stereocenters. The molecule has 0 radical (unpaired) electrons. The van der Waals surface area contributed by atoms with Crippen molar-refractivity contribution in [2.75, 3.05) is 0 Å². The second kappa shape index (κ2) is 5.00. The second-order valence-electron chi connectivity index (χ2n) is 3.71. The van der Waals surface area contributed by atoms with Crippen molar-refractivity contribution in [3.63, 3.8) is 0 Å². The van der Waals surface area contributed by atoms with Gasteiger partial charge in [0.05, 0.1) is 6.10 Å². The number of hydrogen-bond donors (Lipinski definition) is 3. The zero-order valence-corrected chi connectivity index (χ0v) is 8.31. The summed E-state index contributed by atoms with van der Waals surface area (Å²) < 4.78 is 0. The lowest BCUT2D eigenvalue weighted by atomic mass is 9.82. The van der Waals surface area contributed by atoms with E-state index in [9.17, 15) is 9.90 Å². The fraction of sp³-hybridized carbons (Fsp3) is 0.700. The third-order valence-corrected chi connectivity index (χ3v) is 2.62. The smallest absolute Gasteiger partial charge is 0.404 e. The molecule has 0 aromatic heterocycles. The first-order valence-electron chi connectivity index (χ1n) is 4.93. The van der Waals surface area contributed by atoms with Crippen molar-refractivity contribution >= 4 is 6.09 Å². The van der Waals surface area contributed by atoms with E-state index in [4.69, 9.17) is 5.11 Å². The lowest BCUT2D eigenvalue weighted by Crippen LogP contribution is -2.43. The topological polar surface area (TPSA) is 69.6 Å². The van der Waals surface area contributed by atoms with E-state index in [2.05, 4.69) is 5.32 Å². The van der Waals surface area contributed by atoms with Crippen LogP contribution >= 0.6 is 0 Å². The van der Waals surface area contributed by atoms with Crippen LogP contribution in [0.15, 0.2) is 12.2 Å². The van der Waals surface area contributed by atoms with Gasteiger partial charge in [-0.1, -0.05) is 12.2 Å². The number of amides is 1. The molecule has 0 aromatic carbocycles. The quantitative estimate of drug-likeness (QED) is 0.588. The summed E-state index contributed by atoms with van der Waals surface area (Å²) in [4.78, 5) is 10.5. The van der Waals surface area contributed by atoms with Gasteiger partial charge in [-0.05, 0) is 32.1 Å². The van der Waals surface area contributed by atoms with Gasteiger partial charge < -0.3 is 15.5 Å². The molecule has 3 atom stereocenters. The maximum Gasteiger partial charge on any atom is 0.404 e. The first kappa shape index (κ1) is 11.0.